The minimum Gasteiger partial charge on any atom is -0.292 e. The lowest BCUT2D eigenvalue weighted by molar-refractivity contribution is 0.581. The van der Waals surface area contributed by atoms with Gasteiger partial charge in [0.2, 0.25) is 16.0 Å². The predicted octanol–water partition coefficient (Wildman–Crippen LogP) is 0.00562. The van der Waals surface area contributed by atoms with Crippen LogP contribution in [0.2, 0.25) is 0 Å². The van der Waals surface area contributed by atoms with Crippen LogP contribution in [0.25, 0.3) is 0 Å². The smallest absolute Gasteiger partial charge is 0.243 e. The molecule has 2 aromatic heterocycles. The zero-order valence-electron chi connectivity index (χ0n) is 9.99. The first-order valence-corrected chi connectivity index (χ1v) is 7.51. The van der Waals surface area contributed by atoms with E-state index in [0.717, 1.165) is 9.88 Å². The van der Waals surface area contributed by atoms with Crippen LogP contribution in [0.3, 0.4) is 0 Å². The lowest BCUT2D eigenvalue weighted by Gasteiger charge is -2.05. The molecule has 0 atom stereocenters. The van der Waals surface area contributed by atoms with E-state index in [-0.39, 0.29) is 17.4 Å². The van der Waals surface area contributed by atoms with Crippen molar-refractivity contribution in [3.63, 3.8) is 0 Å². The van der Waals surface area contributed by atoms with Gasteiger partial charge in [-0.25, -0.2) is 33.9 Å². The summed E-state index contributed by atoms with van der Waals surface area (Å²) in [4.78, 5) is 12.4. The molecule has 0 unspecified atom stereocenters. The van der Waals surface area contributed by atoms with Gasteiger partial charge in [0.25, 0.3) is 0 Å². The number of nitrogens with two attached hydrogens (primary N) is 1. The lowest BCUT2D eigenvalue weighted by Crippen LogP contribution is -2.23. The SMILES string of the molecule is Cc1ncc(CNS(=O)(=O)c2cnc(NN)nc2)s1. The highest BCUT2D eigenvalue weighted by Gasteiger charge is 2.15. The van der Waals surface area contributed by atoms with Gasteiger partial charge in [-0.1, -0.05) is 0 Å². The fourth-order valence-electron chi connectivity index (χ4n) is 1.27. The van der Waals surface area contributed by atoms with Gasteiger partial charge in [-0.3, -0.25) is 5.43 Å². The van der Waals surface area contributed by atoms with Gasteiger partial charge < -0.3 is 0 Å². The summed E-state index contributed by atoms with van der Waals surface area (Å²) in [6.45, 7) is 2.04. The third-order valence-corrected chi connectivity index (χ3v) is 4.44. The van der Waals surface area contributed by atoms with Gasteiger partial charge in [0.15, 0.2) is 0 Å². The van der Waals surface area contributed by atoms with Crippen LogP contribution in [-0.4, -0.2) is 23.4 Å². The first kappa shape index (κ1) is 13.8. The first-order chi connectivity index (χ1) is 9.01. The van der Waals surface area contributed by atoms with Crippen LogP contribution in [0, 0.1) is 6.92 Å². The quantitative estimate of drug-likeness (QED) is 0.525. The molecular formula is C9H12N6O2S2. The Morgan fingerprint density at radius 3 is 2.47 bits per heavy atom. The molecule has 4 N–H and O–H groups in total. The second-order valence-electron chi connectivity index (χ2n) is 3.56. The number of sulfonamides is 1. The molecule has 0 aromatic carbocycles. The lowest BCUT2D eigenvalue weighted by atomic mass is 10.6. The Kier molecular flexibility index (Phi) is 4.04. The number of anilines is 1. The molecule has 19 heavy (non-hydrogen) atoms. The van der Waals surface area contributed by atoms with E-state index in [1.165, 1.54) is 23.7 Å². The van der Waals surface area contributed by atoms with Crippen LogP contribution in [0.15, 0.2) is 23.5 Å². The fraction of sp³-hybridized carbons (Fsp3) is 0.222. The molecule has 2 aromatic rings. The minimum absolute atomic E-state index is 0.0206. The van der Waals surface area contributed by atoms with Crippen LogP contribution >= 0.6 is 11.3 Å². The van der Waals surface area contributed by atoms with E-state index in [9.17, 15) is 8.42 Å². The Morgan fingerprint density at radius 2 is 1.95 bits per heavy atom. The standard InChI is InChI=1S/C9H12N6O2S2/c1-6-11-2-7(18-6)3-14-19(16,17)8-4-12-9(15-10)13-5-8/h2,4-5,14H,3,10H2,1H3,(H,12,13,15). The van der Waals surface area contributed by atoms with Crippen LogP contribution in [0.1, 0.15) is 9.88 Å². The van der Waals surface area contributed by atoms with Gasteiger partial charge >= 0.3 is 0 Å². The molecule has 0 saturated carbocycles. The Bertz CT molecular complexity index is 652. The average molecular weight is 300 g/mol. The summed E-state index contributed by atoms with van der Waals surface area (Å²) < 4.78 is 26.4. The van der Waals surface area contributed by atoms with Crippen molar-refractivity contribution >= 4 is 27.3 Å². The van der Waals surface area contributed by atoms with Gasteiger partial charge in [0, 0.05) is 17.6 Å². The van der Waals surface area contributed by atoms with Crippen molar-refractivity contribution in [2.75, 3.05) is 5.43 Å². The molecule has 0 aliphatic rings. The number of nitrogens with zero attached hydrogens (tertiary/aromatic N) is 3. The first-order valence-electron chi connectivity index (χ1n) is 5.21. The third-order valence-electron chi connectivity index (χ3n) is 2.17. The van der Waals surface area contributed by atoms with E-state index in [2.05, 4.69) is 25.1 Å². The van der Waals surface area contributed by atoms with Crippen molar-refractivity contribution in [1.29, 1.82) is 0 Å². The maximum absolute atomic E-state index is 12.0. The maximum atomic E-state index is 12.0. The highest BCUT2D eigenvalue weighted by atomic mass is 32.2. The van der Waals surface area contributed by atoms with E-state index in [0.29, 0.717) is 0 Å². The molecule has 0 aliphatic heterocycles. The number of aromatic nitrogens is 3. The molecule has 102 valence electrons. The van der Waals surface area contributed by atoms with Crippen LogP contribution in [0.5, 0.6) is 0 Å². The zero-order valence-corrected chi connectivity index (χ0v) is 11.6. The molecule has 0 aliphatic carbocycles. The normalized spacial score (nSPS) is 11.5. The summed E-state index contributed by atoms with van der Waals surface area (Å²) >= 11 is 1.43. The largest absolute Gasteiger partial charge is 0.292 e. The molecule has 0 fully saturated rings. The predicted molar refractivity (Wildman–Crippen MR) is 70.7 cm³/mol. The molecule has 0 saturated heterocycles. The van der Waals surface area contributed by atoms with Crippen molar-refractivity contribution in [3.05, 3.63) is 28.5 Å². The van der Waals surface area contributed by atoms with E-state index in [1.54, 1.807) is 6.20 Å². The highest BCUT2D eigenvalue weighted by molar-refractivity contribution is 7.89. The van der Waals surface area contributed by atoms with E-state index in [4.69, 9.17) is 5.84 Å². The van der Waals surface area contributed by atoms with Crippen LogP contribution < -0.4 is 16.0 Å². The molecule has 10 heteroatoms. The number of aryl methyl sites for hydroxylation is 1. The van der Waals surface area contributed by atoms with Crippen molar-refractivity contribution in [2.24, 2.45) is 5.84 Å². The summed E-state index contributed by atoms with van der Waals surface area (Å²) in [5.74, 6) is 5.25. The number of hydrogen-bond acceptors (Lipinski definition) is 8. The van der Waals surface area contributed by atoms with Crippen LogP contribution in [0.4, 0.5) is 5.95 Å². The van der Waals surface area contributed by atoms with E-state index >= 15 is 0 Å². The summed E-state index contributed by atoms with van der Waals surface area (Å²) in [5, 5.41) is 0.885. The Balaban J connectivity index is 2.09. The monoisotopic (exact) mass is 300 g/mol. The van der Waals surface area contributed by atoms with Crippen LogP contribution in [-0.2, 0) is 16.6 Å². The maximum Gasteiger partial charge on any atom is 0.243 e. The molecular weight excluding hydrogens is 288 g/mol. The Morgan fingerprint density at radius 1 is 1.26 bits per heavy atom. The highest BCUT2D eigenvalue weighted by Crippen LogP contribution is 2.13. The van der Waals surface area contributed by atoms with Gasteiger partial charge in [0.1, 0.15) is 4.90 Å². The molecule has 2 rings (SSSR count). The number of nitrogens with one attached hydrogen (secondary N) is 2. The van der Waals surface area contributed by atoms with Crippen molar-refractivity contribution < 1.29 is 8.42 Å². The summed E-state index contributed by atoms with van der Waals surface area (Å²) in [6.07, 6.45) is 4.01. The molecule has 0 spiro atoms. The Labute approximate surface area is 114 Å². The van der Waals surface area contributed by atoms with Gasteiger partial charge in [0.05, 0.1) is 17.4 Å². The third kappa shape index (κ3) is 3.44. The summed E-state index contributed by atoms with van der Waals surface area (Å²) in [7, 11) is -3.64. The second kappa shape index (κ2) is 5.57. The van der Waals surface area contributed by atoms with Crippen molar-refractivity contribution in [3.8, 4) is 0 Å². The molecule has 8 nitrogen and oxygen atoms in total. The number of hydrazine groups is 1. The van der Waals surface area contributed by atoms with Crippen molar-refractivity contribution in [1.82, 2.24) is 19.7 Å². The second-order valence-corrected chi connectivity index (χ2v) is 6.64. The molecule has 0 bridgehead atoms. The number of thiazole rings is 1. The molecule has 0 radical (unpaired) electrons. The van der Waals surface area contributed by atoms with Gasteiger partial charge in [-0.2, -0.15) is 0 Å². The number of nitrogen functional groups attached to an aromatic ring is 1. The summed E-state index contributed by atoms with van der Waals surface area (Å²) in [5.41, 5.74) is 2.22. The van der Waals surface area contributed by atoms with E-state index in [1.807, 2.05) is 6.92 Å². The number of hydrogen-bond donors (Lipinski definition) is 3. The zero-order chi connectivity index (χ0) is 13.9. The summed E-state index contributed by atoms with van der Waals surface area (Å²) in [6, 6.07) is 0. The molecule has 0 amide bonds. The van der Waals surface area contributed by atoms with Gasteiger partial charge in [-0.15, -0.1) is 11.3 Å². The Hall–Kier alpha value is -1.62. The fourth-order valence-corrected chi connectivity index (χ4v) is 2.99. The minimum atomic E-state index is -3.64. The average Bonchev–Trinajstić information content (AvgIpc) is 2.82. The van der Waals surface area contributed by atoms with Gasteiger partial charge in [-0.05, 0) is 6.92 Å². The number of rotatable bonds is 5. The van der Waals surface area contributed by atoms with E-state index < -0.39 is 10.0 Å². The molecule has 2 heterocycles. The topological polar surface area (TPSA) is 123 Å². The van der Waals surface area contributed by atoms with Crippen molar-refractivity contribution in [2.45, 2.75) is 18.4 Å².